The van der Waals surface area contributed by atoms with Crippen LogP contribution in [0.15, 0.2) is 40.0 Å². The van der Waals surface area contributed by atoms with Crippen LogP contribution < -0.4 is 10.6 Å². The maximum absolute atomic E-state index is 13.1. The van der Waals surface area contributed by atoms with Crippen LogP contribution in [0.5, 0.6) is 0 Å². The average molecular weight is 455 g/mol. The molecule has 1 aliphatic heterocycles. The van der Waals surface area contributed by atoms with Crippen molar-refractivity contribution >= 4 is 62.7 Å². The van der Waals surface area contributed by atoms with Gasteiger partial charge < -0.3 is 0 Å². The number of rotatable bonds is 3. The Balaban J connectivity index is 1.85. The maximum Gasteiger partial charge on any atom is 0.328 e. The predicted octanol–water partition coefficient (Wildman–Crippen LogP) is 3.81. The Morgan fingerprint density at radius 3 is 2.32 bits per heavy atom. The summed E-state index contributed by atoms with van der Waals surface area (Å²) in [5.74, 6) is -0.335. The first-order chi connectivity index (χ1) is 14.6. The normalized spacial score (nSPS) is 15.5. The van der Waals surface area contributed by atoms with Crippen molar-refractivity contribution < 1.29 is 9.72 Å². The van der Waals surface area contributed by atoms with Gasteiger partial charge in [-0.2, -0.15) is 0 Å². The van der Waals surface area contributed by atoms with Crippen LogP contribution in [-0.4, -0.2) is 24.3 Å². The molecule has 1 aromatic heterocycles. The molecular formula is C21H18N4O4S2. The second-order valence-electron chi connectivity index (χ2n) is 7.36. The Bertz CT molecular complexity index is 1400. The van der Waals surface area contributed by atoms with Gasteiger partial charge in [0.25, 0.3) is 11.6 Å². The molecule has 0 bridgehead atoms. The zero-order chi connectivity index (χ0) is 22.6. The van der Waals surface area contributed by atoms with Gasteiger partial charge in [0.15, 0.2) is 4.32 Å². The largest absolute Gasteiger partial charge is 0.328 e. The Labute approximate surface area is 186 Å². The molecule has 0 radical (unpaired) electrons. The fourth-order valence-electron chi connectivity index (χ4n) is 3.70. The molecule has 3 aromatic rings. The number of anilines is 1. The zero-order valence-electron chi connectivity index (χ0n) is 17.2. The number of nitrogens with zero attached hydrogens (tertiary/aromatic N) is 4. The number of benzene rings is 2. The van der Waals surface area contributed by atoms with Crippen LogP contribution >= 0.6 is 24.0 Å². The molecule has 0 N–H and O–H groups in total. The summed E-state index contributed by atoms with van der Waals surface area (Å²) in [6, 6.07) is 8.62. The van der Waals surface area contributed by atoms with E-state index in [0.29, 0.717) is 21.0 Å². The van der Waals surface area contributed by atoms with Gasteiger partial charge in [-0.1, -0.05) is 41.7 Å². The number of nitro groups is 1. The predicted molar refractivity (Wildman–Crippen MR) is 126 cm³/mol. The van der Waals surface area contributed by atoms with Gasteiger partial charge in [-0.3, -0.25) is 28.9 Å². The smallest absolute Gasteiger partial charge is 0.295 e. The van der Waals surface area contributed by atoms with Crippen molar-refractivity contribution in [2.45, 2.75) is 13.8 Å². The number of thiocarbonyl (C=S) groups is 1. The van der Waals surface area contributed by atoms with Crippen LogP contribution in [0.4, 0.5) is 11.4 Å². The van der Waals surface area contributed by atoms with Crippen molar-refractivity contribution in [1.29, 1.82) is 0 Å². The van der Waals surface area contributed by atoms with Crippen LogP contribution in [0.25, 0.3) is 17.1 Å². The molecule has 0 saturated carbocycles. The topological polar surface area (TPSA) is 90.4 Å². The van der Waals surface area contributed by atoms with Gasteiger partial charge in [-0.05, 0) is 37.6 Å². The number of hydrogen-bond donors (Lipinski definition) is 0. The average Bonchev–Trinajstić information content (AvgIpc) is 3.09. The summed E-state index contributed by atoms with van der Waals surface area (Å²) in [6.45, 7) is 3.87. The Kier molecular flexibility index (Phi) is 5.06. The van der Waals surface area contributed by atoms with E-state index in [-0.39, 0.29) is 27.8 Å². The third kappa shape index (κ3) is 3.37. The minimum Gasteiger partial charge on any atom is -0.295 e. The number of nitro benzene ring substituents is 1. The van der Waals surface area contributed by atoms with E-state index in [1.807, 2.05) is 32.0 Å². The van der Waals surface area contributed by atoms with E-state index < -0.39 is 4.92 Å². The van der Waals surface area contributed by atoms with Crippen molar-refractivity contribution in [1.82, 2.24) is 9.13 Å². The minimum atomic E-state index is -0.520. The fraction of sp³-hybridized carbons (Fsp3) is 0.190. The van der Waals surface area contributed by atoms with Gasteiger partial charge in [-0.15, -0.1) is 0 Å². The number of carbonyl (C=O) groups excluding carboxylic acids is 1. The maximum atomic E-state index is 13.1. The van der Waals surface area contributed by atoms with Crippen molar-refractivity contribution in [3.63, 3.8) is 0 Å². The highest BCUT2D eigenvalue weighted by atomic mass is 32.2. The van der Waals surface area contributed by atoms with Crippen molar-refractivity contribution in [2.75, 3.05) is 4.90 Å². The highest BCUT2D eigenvalue weighted by Crippen LogP contribution is 2.39. The molecule has 8 nitrogen and oxygen atoms in total. The molecule has 1 amide bonds. The van der Waals surface area contributed by atoms with E-state index in [9.17, 15) is 19.7 Å². The summed E-state index contributed by atoms with van der Waals surface area (Å²) < 4.78 is 3.13. The molecule has 2 heterocycles. The molecule has 0 unspecified atom stereocenters. The summed E-state index contributed by atoms with van der Waals surface area (Å²) in [6.07, 6.45) is 1.47. The van der Waals surface area contributed by atoms with Crippen LogP contribution in [0.3, 0.4) is 0 Å². The zero-order valence-corrected chi connectivity index (χ0v) is 18.8. The van der Waals surface area contributed by atoms with Gasteiger partial charge in [0.2, 0.25) is 0 Å². The molecule has 1 fully saturated rings. The standard InChI is InChI=1S/C21H18N4O4S2/c1-11-5-6-14(12(2)7-11)24-19(26)18(31-21(24)30)9-13-8-16-17(10-15(13)25(28)29)23(4)20(27)22(16)3/h5-10H,1-4H3/b18-9+. The van der Waals surface area contributed by atoms with Gasteiger partial charge in [0, 0.05) is 20.2 Å². The lowest BCUT2D eigenvalue weighted by Gasteiger charge is -2.17. The molecule has 158 valence electrons. The summed E-state index contributed by atoms with van der Waals surface area (Å²) in [5.41, 5.74) is 3.40. The highest BCUT2D eigenvalue weighted by Gasteiger charge is 2.34. The molecule has 0 atom stereocenters. The summed E-state index contributed by atoms with van der Waals surface area (Å²) >= 11 is 6.53. The summed E-state index contributed by atoms with van der Waals surface area (Å²) in [4.78, 5) is 38.3. The van der Waals surface area contributed by atoms with Gasteiger partial charge in [0.1, 0.15) is 0 Å². The van der Waals surface area contributed by atoms with Gasteiger partial charge >= 0.3 is 5.69 Å². The third-order valence-electron chi connectivity index (χ3n) is 5.29. The lowest BCUT2D eigenvalue weighted by atomic mass is 10.1. The molecule has 1 saturated heterocycles. The number of thioether (sulfide) groups is 1. The van der Waals surface area contributed by atoms with Crippen molar-refractivity contribution in [3.8, 4) is 0 Å². The quantitative estimate of drug-likeness (QED) is 0.259. The second-order valence-corrected chi connectivity index (χ2v) is 9.04. The Morgan fingerprint density at radius 1 is 1.06 bits per heavy atom. The molecule has 10 heteroatoms. The third-order valence-corrected chi connectivity index (χ3v) is 6.59. The van der Waals surface area contributed by atoms with Gasteiger partial charge in [-0.25, -0.2) is 4.79 Å². The highest BCUT2D eigenvalue weighted by molar-refractivity contribution is 8.27. The number of aryl methyl sites for hydroxylation is 4. The van der Waals surface area contributed by atoms with Crippen LogP contribution in [0.1, 0.15) is 16.7 Å². The van der Waals surface area contributed by atoms with Gasteiger partial charge in [0.05, 0.1) is 32.1 Å². The monoisotopic (exact) mass is 454 g/mol. The Morgan fingerprint density at radius 2 is 1.71 bits per heavy atom. The molecular weight excluding hydrogens is 436 g/mol. The van der Waals surface area contributed by atoms with Crippen LogP contribution in [0, 0.1) is 24.0 Å². The van der Waals surface area contributed by atoms with E-state index in [2.05, 4.69) is 0 Å². The van der Waals surface area contributed by atoms with E-state index in [4.69, 9.17) is 12.2 Å². The fourth-order valence-corrected chi connectivity index (χ4v) is 4.97. The molecule has 0 spiro atoms. The van der Waals surface area contributed by atoms with Crippen molar-refractivity contribution in [3.05, 3.63) is 72.5 Å². The number of imidazole rings is 1. The number of amides is 1. The molecule has 0 aliphatic carbocycles. The number of hydrogen-bond acceptors (Lipinski definition) is 6. The lowest BCUT2D eigenvalue weighted by Crippen LogP contribution is -2.28. The molecule has 1 aliphatic rings. The number of aromatic nitrogens is 2. The molecule has 4 rings (SSSR count). The van der Waals surface area contributed by atoms with E-state index in [0.717, 1.165) is 22.9 Å². The first-order valence-electron chi connectivity index (χ1n) is 9.29. The number of carbonyl (C=O) groups is 1. The van der Waals surface area contributed by atoms with E-state index >= 15 is 0 Å². The SMILES string of the molecule is Cc1ccc(N2C(=O)/C(=C\c3cc4c(cc3[N+](=O)[O-])n(C)c(=O)n4C)SC2=S)c(C)c1. The molecule has 2 aromatic carbocycles. The van der Waals surface area contributed by atoms with E-state index in [1.54, 1.807) is 20.2 Å². The van der Waals surface area contributed by atoms with Crippen LogP contribution in [0.2, 0.25) is 0 Å². The second kappa shape index (κ2) is 7.47. The summed E-state index contributed by atoms with van der Waals surface area (Å²) in [5, 5.41) is 11.7. The first kappa shape index (κ1) is 21.0. The molecule has 31 heavy (non-hydrogen) atoms. The summed E-state index contributed by atoms with van der Waals surface area (Å²) in [7, 11) is 3.16. The number of fused-ring (bicyclic) bond motifs is 1. The van der Waals surface area contributed by atoms with Crippen LogP contribution in [-0.2, 0) is 18.9 Å². The van der Waals surface area contributed by atoms with E-state index in [1.165, 1.54) is 26.2 Å². The lowest BCUT2D eigenvalue weighted by molar-refractivity contribution is -0.385. The van der Waals surface area contributed by atoms with Crippen molar-refractivity contribution in [2.24, 2.45) is 14.1 Å². The minimum absolute atomic E-state index is 0.189. The Hall–Kier alpha value is -3.24. The first-order valence-corrected chi connectivity index (χ1v) is 10.5.